The Morgan fingerprint density at radius 2 is 2.25 bits per heavy atom. The van der Waals surface area contributed by atoms with Gasteiger partial charge >= 0.3 is 0 Å². The highest BCUT2D eigenvalue weighted by Crippen LogP contribution is 2.32. The first-order valence-electron chi connectivity index (χ1n) is 7.53. The first-order valence-corrected chi connectivity index (χ1v) is 8.94. The Bertz CT molecular complexity index is 410. The molecular weight excluding hydrogens is 290 g/mol. The third-order valence-electron chi connectivity index (χ3n) is 4.30. The van der Waals surface area contributed by atoms with Gasteiger partial charge in [0.15, 0.2) is 0 Å². The molecule has 1 aromatic heterocycles. The van der Waals surface area contributed by atoms with E-state index in [0.717, 1.165) is 31.6 Å². The van der Waals surface area contributed by atoms with Crippen molar-refractivity contribution in [3.63, 3.8) is 0 Å². The Morgan fingerprint density at radius 1 is 1.50 bits per heavy atom. The fourth-order valence-electron chi connectivity index (χ4n) is 2.84. The maximum absolute atomic E-state index is 12.1. The highest BCUT2D eigenvalue weighted by molar-refractivity contribution is 7.09. The second-order valence-corrected chi connectivity index (χ2v) is 7.38. The van der Waals surface area contributed by atoms with E-state index in [1.54, 1.807) is 11.3 Å². The number of halogens is 1. The number of nitrogens with one attached hydrogen (secondary N) is 1. The van der Waals surface area contributed by atoms with Crippen LogP contribution in [-0.4, -0.2) is 17.3 Å². The molecule has 0 bridgehead atoms. The van der Waals surface area contributed by atoms with Crippen molar-refractivity contribution in [2.45, 2.75) is 57.4 Å². The molecule has 1 heterocycles. The van der Waals surface area contributed by atoms with E-state index in [2.05, 4.69) is 29.8 Å². The minimum absolute atomic E-state index is 0.145. The molecule has 1 aromatic rings. The van der Waals surface area contributed by atoms with Crippen LogP contribution in [0.4, 0.5) is 0 Å². The fourth-order valence-corrected chi connectivity index (χ4v) is 3.93. The average molecular weight is 314 g/mol. The van der Waals surface area contributed by atoms with Gasteiger partial charge in [0.1, 0.15) is 0 Å². The Balaban J connectivity index is 1.74. The number of hydrogen-bond donors (Lipinski definition) is 1. The summed E-state index contributed by atoms with van der Waals surface area (Å²) in [6.45, 7) is 2.28. The highest BCUT2D eigenvalue weighted by Gasteiger charge is 2.34. The lowest BCUT2D eigenvalue weighted by atomic mass is 9.78. The van der Waals surface area contributed by atoms with E-state index in [9.17, 15) is 4.79 Å². The van der Waals surface area contributed by atoms with Crippen molar-refractivity contribution in [2.24, 2.45) is 5.92 Å². The number of aryl methyl sites for hydroxylation is 1. The molecule has 0 unspecified atom stereocenters. The lowest BCUT2D eigenvalue weighted by molar-refractivity contribution is -0.123. The highest BCUT2D eigenvalue weighted by atomic mass is 35.5. The topological polar surface area (TPSA) is 29.1 Å². The van der Waals surface area contributed by atoms with Gasteiger partial charge in [-0.2, -0.15) is 0 Å². The van der Waals surface area contributed by atoms with E-state index in [-0.39, 0.29) is 11.4 Å². The number of amides is 1. The zero-order valence-corrected chi connectivity index (χ0v) is 13.7. The van der Waals surface area contributed by atoms with E-state index in [1.165, 1.54) is 17.7 Å². The van der Waals surface area contributed by atoms with Gasteiger partial charge in [0.05, 0.1) is 5.54 Å². The number of thiophene rings is 1. The van der Waals surface area contributed by atoms with E-state index in [0.29, 0.717) is 12.3 Å². The molecule has 20 heavy (non-hydrogen) atoms. The van der Waals surface area contributed by atoms with Gasteiger partial charge in [-0.15, -0.1) is 22.9 Å². The van der Waals surface area contributed by atoms with E-state index in [4.69, 9.17) is 11.6 Å². The summed E-state index contributed by atoms with van der Waals surface area (Å²) in [6, 6.07) is 4.19. The summed E-state index contributed by atoms with van der Waals surface area (Å²) in [7, 11) is 0. The molecule has 1 N–H and O–H groups in total. The van der Waals surface area contributed by atoms with E-state index >= 15 is 0 Å². The lowest BCUT2D eigenvalue weighted by Crippen LogP contribution is -2.52. The van der Waals surface area contributed by atoms with Crippen molar-refractivity contribution < 1.29 is 4.79 Å². The van der Waals surface area contributed by atoms with Gasteiger partial charge < -0.3 is 5.32 Å². The number of alkyl halides is 1. The van der Waals surface area contributed by atoms with Gasteiger partial charge in [0.25, 0.3) is 0 Å². The van der Waals surface area contributed by atoms with Crippen LogP contribution < -0.4 is 5.32 Å². The third kappa shape index (κ3) is 4.49. The molecule has 112 valence electrons. The number of carbonyl (C=O) groups is 1. The first-order chi connectivity index (χ1) is 9.63. The van der Waals surface area contributed by atoms with Crippen molar-refractivity contribution in [3.05, 3.63) is 22.4 Å². The second kappa shape index (κ2) is 7.46. The summed E-state index contributed by atoms with van der Waals surface area (Å²) in [6.07, 6.45) is 6.90. The number of carbonyl (C=O) groups excluding carboxylic acids is 1. The zero-order valence-electron chi connectivity index (χ0n) is 12.2. The minimum atomic E-state index is -0.145. The molecule has 1 aliphatic rings. The fraction of sp³-hybridized carbons (Fsp3) is 0.688. The molecule has 1 amide bonds. The summed E-state index contributed by atoms with van der Waals surface area (Å²) in [4.78, 5) is 13.5. The van der Waals surface area contributed by atoms with Crippen molar-refractivity contribution in [3.8, 4) is 0 Å². The smallest absolute Gasteiger partial charge is 0.220 e. The van der Waals surface area contributed by atoms with E-state index in [1.807, 2.05) is 0 Å². The maximum Gasteiger partial charge on any atom is 0.220 e. The van der Waals surface area contributed by atoms with Crippen LogP contribution in [0.2, 0.25) is 0 Å². The lowest BCUT2D eigenvalue weighted by Gasteiger charge is -2.38. The molecule has 0 aromatic carbocycles. The maximum atomic E-state index is 12.1. The second-order valence-electron chi connectivity index (χ2n) is 6.08. The normalized spacial score (nSPS) is 26.4. The molecular formula is C16H24ClNOS. The van der Waals surface area contributed by atoms with E-state index < -0.39 is 0 Å². The molecule has 0 atom stereocenters. The predicted octanol–water partition coefficient (Wildman–Crippen LogP) is 4.37. The van der Waals surface area contributed by atoms with Gasteiger partial charge in [-0.1, -0.05) is 13.0 Å². The van der Waals surface area contributed by atoms with Gasteiger partial charge in [0.2, 0.25) is 5.91 Å². The third-order valence-corrected chi connectivity index (χ3v) is 5.75. The van der Waals surface area contributed by atoms with Crippen molar-refractivity contribution >= 4 is 28.8 Å². The molecule has 1 saturated carbocycles. The molecule has 0 radical (unpaired) electrons. The van der Waals surface area contributed by atoms with Crippen LogP contribution in [0.15, 0.2) is 17.5 Å². The molecule has 1 fully saturated rings. The molecule has 1 aliphatic carbocycles. The van der Waals surface area contributed by atoms with Gasteiger partial charge in [-0.3, -0.25) is 4.79 Å². The van der Waals surface area contributed by atoms with Gasteiger partial charge in [-0.05, 0) is 55.9 Å². The molecule has 0 aliphatic heterocycles. The van der Waals surface area contributed by atoms with Crippen LogP contribution in [-0.2, 0) is 11.2 Å². The SMILES string of the molecule is CC1CCC(CCl)(NC(=O)CCCc2cccs2)CC1. The molecule has 2 rings (SSSR count). The monoisotopic (exact) mass is 313 g/mol. The predicted molar refractivity (Wildman–Crippen MR) is 86.5 cm³/mol. The van der Waals surface area contributed by atoms with Crippen molar-refractivity contribution in [1.82, 2.24) is 5.32 Å². The van der Waals surface area contributed by atoms with Crippen LogP contribution in [0.5, 0.6) is 0 Å². The van der Waals surface area contributed by atoms with Crippen LogP contribution in [0.1, 0.15) is 50.3 Å². The summed E-state index contributed by atoms with van der Waals surface area (Å²) in [5.74, 6) is 1.47. The molecule has 0 saturated heterocycles. The first kappa shape index (κ1) is 15.8. The van der Waals surface area contributed by atoms with Crippen molar-refractivity contribution in [1.29, 1.82) is 0 Å². The summed E-state index contributed by atoms with van der Waals surface area (Å²) < 4.78 is 0. The Kier molecular flexibility index (Phi) is 5.91. The average Bonchev–Trinajstić information content (AvgIpc) is 2.95. The van der Waals surface area contributed by atoms with Crippen molar-refractivity contribution in [2.75, 3.05) is 5.88 Å². The van der Waals surface area contributed by atoms with Crippen LogP contribution in [0, 0.1) is 5.92 Å². The quantitative estimate of drug-likeness (QED) is 0.776. The van der Waals surface area contributed by atoms with Crippen LogP contribution >= 0.6 is 22.9 Å². The van der Waals surface area contributed by atoms with Crippen LogP contribution in [0.3, 0.4) is 0 Å². The Morgan fingerprint density at radius 3 is 2.85 bits per heavy atom. The Labute approximate surface area is 130 Å². The molecule has 2 nitrogen and oxygen atoms in total. The minimum Gasteiger partial charge on any atom is -0.349 e. The van der Waals surface area contributed by atoms with Gasteiger partial charge in [0, 0.05) is 17.2 Å². The zero-order chi connectivity index (χ0) is 14.4. The number of hydrogen-bond acceptors (Lipinski definition) is 2. The largest absolute Gasteiger partial charge is 0.349 e. The number of rotatable bonds is 6. The van der Waals surface area contributed by atoms with Gasteiger partial charge in [-0.25, -0.2) is 0 Å². The molecule has 0 spiro atoms. The Hall–Kier alpha value is -0.540. The summed E-state index contributed by atoms with van der Waals surface area (Å²) in [5, 5.41) is 5.30. The summed E-state index contributed by atoms with van der Waals surface area (Å²) >= 11 is 7.89. The van der Waals surface area contributed by atoms with Crippen LogP contribution in [0.25, 0.3) is 0 Å². The standard InChI is InChI=1S/C16H24ClNOS/c1-13-7-9-16(12-17,10-8-13)18-15(19)6-2-4-14-5-3-11-20-14/h3,5,11,13H,2,4,6-10,12H2,1H3,(H,18,19). The summed E-state index contributed by atoms with van der Waals surface area (Å²) in [5.41, 5.74) is -0.145. The molecule has 4 heteroatoms.